The third-order valence-corrected chi connectivity index (χ3v) is 3.01. The molecule has 1 heterocycles. The summed E-state index contributed by atoms with van der Waals surface area (Å²) < 4.78 is 5.49. The van der Waals surface area contributed by atoms with Crippen LogP contribution < -0.4 is 16.2 Å². The van der Waals surface area contributed by atoms with E-state index in [2.05, 4.69) is 0 Å². The summed E-state index contributed by atoms with van der Waals surface area (Å²) in [6, 6.07) is 7.25. The number of nitrogens with two attached hydrogens (primary N) is 2. The van der Waals surface area contributed by atoms with Crippen molar-refractivity contribution in [3.05, 3.63) is 29.8 Å². The summed E-state index contributed by atoms with van der Waals surface area (Å²) in [6.07, 6.45) is 0. The Bertz CT molecular complexity index is 405. The minimum Gasteiger partial charge on any atom is -0.493 e. The Morgan fingerprint density at radius 3 is 2.87 bits per heavy atom. The molecule has 0 aliphatic carbocycles. The fourth-order valence-corrected chi connectivity index (χ4v) is 1.92. The third kappa shape index (κ3) is 1.29. The number of hydrogen-bond donors (Lipinski definition) is 2. The Kier molecular flexibility index (Phi) is 2.16. The van der Waals surface area contributed by atoms with Crippen molar-refractivity contribution in [1.82, 2.24) is 0 Å². The Labute approximate surface area is 88.2 Å². The summed E-state index contributed by atoms with van der Waals surface area (Å²) >= 11 is 0. The van der Waals surface area contributed by atoms with Crippen molar-refractivity contribution in [2.24, 2.45) is 17.4 Å². The number of carbonyl (C=O) groups is 1. The first-order valence-electron chi connectivity index (χ1n) is 4.88. The molecule has 0 bridgehead atoms. The lowest BCUT2D eigenvalue weighted by molar-refractivity contribution is -0.126. The van der Waals surface area contributed by atoms with Crippen molar-refractivity contribution in [1.29, 1.82) is 0 Å². The number of primary amides is 1. The van der Waals surface area contributed by atoms with Crippen LogP contribution in [0.5, 0.6) is 5.75 Å². The summed E-state index contributed by atoms with van der Waals surface area (Å²) in [4.78, 5) is 11.5. The molecular weight excluding hydrogens is 192 g/mol. The molecule has 0 aromatic heterocycles. The van der Waals surface area contributed by atoms with Gasteiger partial charge in [0.2, 0.25) is 5.91 Å². The molecule has 0 saturated heterocycles. The number of hydrogen-bond acceptors (Lipinski definition) is 3. The van der Waals surface area contributed by atoms with E-state index in [1.165, 1.54) is 0 Å². The molecular formula is C11H14N2O2. The van der Waals surface area contributed by atoms with Crippen LogP contribution in [0.4, 0.5) is 0 Å². The molecule has 1 aromatic rings. The van der Waals surface area contributed by atoms with E-state index in [1.54, 1.807) is 12.1 Å². The van der Waals surface area contributed by atoms with E-state index in [-0.39, 0.29) is 5.92 Å². The average molecular weight is 206 g/mol. The monoisotopic (exact) mass is 206 g/mol. The predicted octanol–water partition coefficient (Wildman–Crippen LogP) is 0.354. The van der Waals surface area contributed by atoms with Gasteiger partial charge >= 0.3 is 0 Å². The van der Waals surface area contributed by atoms with Crippen LogP contribution in [0.2, 0.25) is 0 Å². The summed E-state index contributed by atoms with van der Waals surface area (Å²) in [5.74, 6) is 0.0209. The number of fused-ring (bicyclic) bond motifs is 1. The van der Waals surface area contributed by atoms with Gasteiger partial charge in [0.25, 0.3) is 0 Å². The van der Waals surface area contributed by atoms with Crippen LogP contribution in [-0.2, 0) is 10.3 Å². The average Bonchev–Trinajstić information content (AvgIpc) is 2.23. The van der Waals surface area contributed by atoms with Gasteiger partial charge in [0, 0.05) is 11.5 Å². The van der Waals surface area contributed by atoms with Crippen molar-refractivity contribution in [3.63, 3.8) is 0 Å². The van der Waals surface area contributed by atoms with E-state index < -0.39 is 11.4 Å². The first-order chi connectivity index (χ1) is 7.06. The maximum Gasteiger partial charge on any atom is 0.242 e. The second-order valence-corrected chi connectivity index (χ2v) is 3.94. The number of rotatable bonds is 1. The molecule has 2 rings (SSSR count). The van der Waals surface area contributed by atoms with Gasteiger partial charge in [-0.15, -0.1) is 0 Å². The zero-order valence-electron chi connectivity index (χ0n) is 8.57. The minimum atomic E-state index is -1.12. The molecule has 1 aliphatic rings. The highest BCUT2D eigenvalue weighted by molar-refractivity contribution is 5.87. The lowest BCUT2D eigenvalue weighted by Crippen LogP contribution is -2.57. The number of para-hydroxylation sites is 1. The van der Waals surface area contributed by atoms with Gasteiger partial charge in [0.05, 0.1) is 6.61 Å². The van der Waals surface area contributed by atoms with Crippen molar-refractivity contribution in [2.75, 3.05) is 6.61 Å². The van der Waals surface area contributed by atoms with Crippen LogP contribution in [-0.4, -0.2) is 12.5 Å². The molecule has 1 amide bonds. The molecule has 80 valence electrons. The van der Waals surface area contributed by atoms with Gasteiger partial charge in [-0.3, -0.25) is 4.79 Å². The fraction of sp³-hybridized carbons (Fsp3) is 0.364. The van der Waals surface area contributed by atoms with Crippen molar-refractivity contribution < 1.29 is 9.53 Å². The molecule has 2 atom stereocenters. The Balaban J connectivity index is 2.60. The standard InChI is InChI=1S/C11H14N2O2/c1-7-6-15-9-5-3-2-4-8(9)11(7,13)10(12)14/h2-5,7H,6,13H2,1H3,(H2,12,14). The number of carbonyl (C=O) groups excluding carboxylic acids is 1. The molecule has 0 saturated carbocycles. The molecule has 4 heteroatoms. The molecule has 0 radical (unpaired) electrons. The first kappa shape index (κ1) is 9.98. The SMILES string of the molecule is CC1COc2ccccc2C1(N)C(N)=O. The predicted molar refractivity (Wildman–Crippen MR) is 56.2 cm³/mol. The second kappa shape index (κ2) is 3.24. The zero-order chi connectivity index (χ0) is 11.1. The summed E-state index contributed by atoms with van der Waals surface area (Å²) in [5, 5.41) is 0. The number of amides is 1. The molecule has 4 nitrogen and oxygen atoms in total. The second-order valence-electron chi connectivity index (χ2n) is 3.94. The van der Waals surface area contributed by atoms with Crippen molar-refractivity contribution >= 4 is 5.91 Å². The van der Waals surface area contributed by atoms with Gasteiger partial charge in [0.1, 0.15) is 11.3 Å². The first-order valence-corrected chi connectivity index (χ1v) is 4.88. The summed E-state index contributed by atoms with van der Waals surface area (Å²) in [7, 11) is 0. The smallest absolute Gasteiger partial charge is 0.242 e. The quantitative estimate of drug-likeness (QED) is 0.696. The van der Waals surface area contributed by atoms with E-state index >= 15 is 0 Å². The molecule has 1 aliphatic heterocycles. The molecule has 4 N–H and O–H groups in total. The lowest BCUT2D eigenvalue weighted by atomic mass is 9.77. The summed E-state index contributed by atoms with van der Waals surface area (Å²) in [5.41, 5.74) is 11.1. The number of benzene rings is 1. The van der Waals surface area contributed by atoms with E-state index in [4.69, 9.17) is 16.2 Å². The molecule has 1 aromatic carbocycles. The molecule has 0 fully saturated rings. The Morgan fingerprint density at radius 1 is 1.53 bits per heavy atom. The largest absolute Gasteiger partial charge is 0.493 e. The van der Waals surface area contributed by atoms with Gasteiger partial charge < -0.3 is 16.2 Å². The van der Waals surface area contributed by atoms with Gasteiger partial charge in [-0.05, 0) is 6.07 Å². The van der Waals surface area contributed by atoms with E-state index in [0.29, 0.717) is 17.9 Å². The van der Waals surface area contributed by atoms with Gasteiger partial charge in [0.15, 0.2) is 0 Å². The number of ether oxygens (including phenoxy) is 1. The fourth-order valence-electron chi connectivity index (χ4n) is 1.92. The van der Waals surface area contributed by atoms with E-state index in [1.807, 2.05) is 19.1 Å². The zero-order valence-corrected chi connectivity index (χ0v) is 8.57. The highest BCUT2D eigenvalue weighted by atomic mass is 16.5. The minimum absolute atomic E-state index is 0.120. The third-order valence-electron chi connectivity index (χ3n) is 3.01. The topological polar surface area (TPSA) is 78.3 Å². The van der Waals surface area contributed by atoms with E-state index in [0.717, 1.165) is 0 Å². The normalized spacial score (nSPS) is 29.1. The van der Waals surface area contributed by atoms with Crippen LogP contribution in [0.3, 0.4) is 0 Å². The lowest BCUT2D eigenvalue weighted by Gasteiger charge is -2.38. The maximum absolute atomic E-state index is 11.5. The Morgan fingerprint density at radius 2 is 2.20 bits per heavy atom. The maximum atomic E-state index is 11.5. The van der Waals surface area contributed by atoms with Gasteiger partial charge in [-0.1, -0.05) is 25.1 Å². The molecule has 15 heavy (non-hydrogen) atoms. The van der Waals surface area contributed by atoms with Crippen LogP contribution in [0.25, 0.3) is 0 Å². The Hall–Kier alpha value is -1.55. The van der Waals surface area contributed by atoms with Crippen molar-refractivity contribution in [2.45, 2.75) is 12.5 Å². The van der Waals surface area contributed by atoms with E-state index in [9.17, 15) is 4.79 Å². The van der Waals surface area contributed by atoms with Crippen molar-refractivity contribution in [3.8, 4) is 5.75 Å². The molecule has 0 spiro atoms. The van der Waals surface area contributed by atoms with Gasteiger partial charge in [-0.2, -0.15) is 0 Å². The van der Waals surface area contributed by atoms with Crippen LogP contribution in [0, 0.1) is 5.92 Å². The van der Waals surface area contributed by atoms with Crippen LogP contribution in [0.1, 0.15) is 12.5 Å². The van der Waals surface area contributed by atoms with Crippen LogP contribution >= 0.6 is 0 Å². The summed E-state index contributed by atoms with van der Waals surface area (Å²) in [6.45, 7) is 2.27. The highest BCUT2D eigenvalue weighted by Crippen LogP contribution is 2.37. The highest BCUT2D eigenvalue weighted by Gasteiger charge is 2.44. The molecule has 2 unspecified atom stereocenters. The van der Waals surface area contributed by atoms with Crippen LogP contribution in [0.15, 0.2) is 24.3 Å². The van der Waals surface area contributed by atoms with Gasteiger partial charge in [-0.25, -0.2) is 0 Å².